The van der Waals surface area contributed by atoms with E-state index in [4.69, 9.17) is 23.2 Å². The van der Waals surface area contributed by atoms with Crippen LogP contribution in [0.2, 0.25) is 10.0 Å². The van der Waals surface area contributed by atoms with Crippen molar-refractivity contribution in [1.29, 1.82) is 0 Å². The minimum Gasteiger partial charge on any atom is -0.340 e. The summed E-state index contributed by atoms with van der Waals surface area (Å²) >= 11 is 12.9. The number of nitrogens with one attached hydrogen (secondary N) is 1. The summed E-state index contributed by atoms with van der Waals surface area (Å²) in [5.74, 6) is -0.593. The summed E-state index contributed by atoms with van der Waals surface area (Å²) in [6, 6.07) is 18.8. The molecule has 0 radical (unpaired) electrons. The third-order valence-corrected chi connectivity index (χ3v) is 9.20. The Bertz CT molecular complexity index is 1700. The van der Waals surface area contributed by atoms with Crippen molar-refractivity contribution in [3.05, 3.63) is 88.5 Å². The standard InChI is InChI=1S/C28H24Cl2N4O4S/c1-18(35)33-12-14-34(15-13-33)39(37,38)21-7-8-23(26(30)17-21)28(36)32-20-6-9-25(29)24(16-20)27-22-5-3-2-4-19(22)10-11-31-27/h2-11,16-17H,12-15H2,1H3,(H,32,36). The predicted molar refractivity (Wildman–Crippen MR) is 153 cm³/mol. The molecule has 0 spiro atoms. The van der Waals surface area contributed by atoms with Crippen LogP contribution in [0.5, 0.6) is 0 Å². The molecule has 1 N–H and O–H groups in total. The van der Waals surface area contributed by atoms with Crippen LogP contribution in [0.25, 0.3) is 22.0 Å². The molecule has 11 heteroatoms. The van der Waals surface area contributed by atoms with E-state index in [1.807, 2.05) is 30.3 Å². The van der Waals surface area contributed by atoms with Crippen LogP contribution in [-0.2, 0) is 14.8 Å². The number of pyridine rings is 1. The fourth-order valence-corrected chi connectivity index (χ4v) is 6.54. The van der Waals surface area contributed by atoms with Crippen molar-refractivity contribution < 1.29 is 18.0 Å². The Kier molecular flexibility index (Phi) is 7.59. The SMILES string of the molecule is CC(=O)N1CCN(S(=O)(=O)c2ccc(C(=O)Nc3ccc(Cl)c(-c4nccc5ccccc45)c3)c(Cl)c2)CC1. The van der Waals surface area contributed by atoms with Crippen molar-refractivity contribution in [2.24, 2.45) is 0 Å². The van der Waals surface area contributed by atoms with E-state index in [0.29, 0.717) is 35.1 Å². The van der Waals surface area contributed by atoms with Gasteiger partial charge in [0.15, 0.2) is 0 Å². The molecule has 0 bridgehead atoms. The summed E-state index contributed by atoms with van der Waals surface area (Å²) in [5, 5.41) is 5.23. The first-order chi connectivity index (χ1) is 18.6. The number of carbonyl (C=O) groups is 2. The van der Waals surface area contributed by atoms with Crippen molar-refractivity contribution in [2.75, 3.05) is 31.5 Å². The lowest BCUT2D eigenvalue weighted by molar-refractivity contribution is -0.129. The summed E-state index contributed by atoms with van der Waals surface area (Å²) in [7, 11) is -3.84. The van der Waals surface area contributed by atoms with Gasteiger partial charge in [-0.1, -0.05) is 47.5 Å². The highest BCUT2D eigenvalue weighted by atomic mass is 35.5. The molecule has 0 atom stereocenters. The third-order valence-electron chi connectivity index (χ3n) is 6.66. The van der Waals surface area contributed by atoms with E-state index in [0.717, 1.165) is 10.8 Å². The number of benzene rings is 3. The van der Waals surface area contributed by atoms with E-state index in [-0.39, 0.29) is 34.5 Å². The quantitative estimate of drug-likeness (QED) is 0.343. The molecule has 4 aromatic rings. The monoisotopic (exact) mass is 582 g/mol. The largest absolute Gasteiger partial charge is 0.340 e. The second-order valence-corrected chi connectivity index (χ2v) is 11.8. The summed E-state index contributed by atoms with van der Waals surface area (Å²) in [5.41, 5.74) is 1.94. The van der Waals surface area contributed by atoms with Gasteiger partial charge in [0.25, 0.3) is 5.91 Å². The molecule has 8 nitrogen and oxygen atoms in total. The lowest BCUT2D eigenvalue weighted by Gasteiger charge is -2.33. The zero-order valence-electron chi connectivity index (χ0n) is 20.9. The number of nitrogens with zero attached hydrogens (tertiary/aromatic N) is 3. The Morgan fingerprint density at radius 1 is 0.897 bits per heavy atom. The van der Waals surface area contributed by atoms with Crippen molar-refractivity contribution in [1.82, 2.24) is 14.2 Å². The lowest BCUT2D eigenvalue weighted by atomic mass is 10.0. The highest BCUT2D eigenvalue weighted by Gasteiger charge is 2.30. The molecule has 1 fully saturated rings. The first-order valence-electron chi connectivity index (χ1n) is 12.2. The fourth-order valence-electron chi connectivity index (χ4n) is 4.55. The molecule has 0 unspecified atom stereocenters. The number of anilines is 1. The lowest BCUT2D eigenvalue weighted by Crippen LogP contribution is -2.49. The maximum absolute atomic E-state index is 13.1. The van der Waals surface area contributed by atoms with Gasteiger partial charge in [0.1, 0.15) is 0 Å². The molecule has 2 amide bonds. The number of aromatic nitrogens is 1. The van der Waals surface area contributed by atoms with Crippen molar-refractivity contribution in [3.8, 4) is 11.3 Å². The third kappa shape index (κ3) is 5.49. The van der Waals surface area contributed by atoms with Crippen LogP contribution in [-0.4, -0.2) is 60.6 Å². The van der Waals surface area contributed by atoms with E-state index in [1.165, 1.54) is 29.4 Å². The average molecular weight is 583 g/mol. The molecular formula is C28H24Cl2N4O4S. The summed E-state index contributed by atoms with van der Waals surface area (Å²) < 4.78 is 27.6. The van der Waals surface area contributed by atoms with Gasteiger partial charge in [-0.05, 0) is 47.9 Å². The number of hydrogen-bond acceptors (Lipinski definition) is 5. The van der Waals surface area contributed by atoms with Crippen LogP contribution in [0, 0.1) is 0 Å². The van der Waals surface area contributed by atoms with Gasteiger partial charge in [-0.2, -0.15) is 4.31 Å². The van der Waals surface area contributed by atoms with Crippen LogP contribution >= 0.6 is 23.2 Å². The number of sulfonamides is 1. The van der Waals surface area contributed by atoms with Crippen molar-refractivity contribution >= 4 is 61.5 Å². The minimum atomic E-state index is -3.84. The van der Waals surface area contributed by atoms with Gasteiger partial charge in [0.2, 0.25) is 15.9 Å². The van der Waals surface area contributed by atoms with Gasteiger partial charge in [0.05, 0.1) is 26.2 Å². The zero-order chi connectivity index (χ0) is 27.7. The van der Waals surface area contributed by atoms with E-state index >= 15 is 0 Å². The van der Waals surface area contributed by atoms with Gasteiger partial charge in [-0.3, -0.25) is 14.6 Å². The highest BCUT2D eigenvalue weighted by Crippen LogP contribution is 2.34. The van der Waals surface area contributed by atoms with Crippen LogP contribution in [0.1, 0.15) is 17.3 Å². The normalized spacial score (nSPS) is 14.4. The Morgan fingerprint density at radius 2 is 1.64 bits per heavy atom. The Labute approximate surface area is 236 Å². The molecule has 200 valence electrons. The number of hydrogen-bond donors (Lipinski definition) is 1. The highest BCUT2D eigenvalue weighted by molar-refractivity contribution is 7.89. The number of piperazine rings is 1. The Balaban J connectivity index is 1.36. The number of amides is 2. The number of fused-ring (bicyclic) bond motifs is 1. The molecule has 0 saturated carbocycles. The van der Waals surface area contributed by atoms with Crippen LogP contribution in [0.15, 0.2) is 77.8 Å². The molecule has 39 heavy (non-hydrogen) atoms. The van der Waals surface area contributed by atoms with Gasteiger partial charge < -0.3 is 10.2 Å². The first kappa shape index (κ1) is 27.1. The average Bonchev–Trinajstić information content (AvgIpc) is 2.93. The number of halogens is 2. The van der Waals surface area contributed by atoms with E-state index in [9.17, 15) is 18.0 Å². The van der Waals surface area contributed by atoms with Crippen LogP contribution in [0.3, 0.4) is 0 Å². The second-order valence-electron chi connectivity index (χ2n) is 9.08. The molecule has 0 aliphatic carbocycles. The summed E-state index contributed by atoms with van der Waals surface area (Å²) in [6.07, 6.45) is 1.71. The summed E-state index contributed by atoms with van der Waals surface area (Å²) in [6.45, 7) is 2.47. The molecule has 5 rings (SSSR count). The minimum absolute atomic E-state index is 0.000791. The molecule has 1 aromatic heterocycles. The smallest absolute Gasteiger partial charge is 0.257 e. The fraction of sp³-hybridized carbons (Fsp3) is 0.179. The molecule has 1 saturated heterocycles. The number of carbonyl (C=O) groups excluding carboxylic acids is 2. The maximum atomic E-state index is 13.1. The molecule has 1 aliphatic heterocycles. The van der Waals surface area contributed by atoms with E-state index in [2.05, 4.69) is 10.3 Å². The molecule has 2 heterocycles. The van der Waals surface area contributed by atoms with Crippen molar-refractivity contribution in [2.45, 2.75) is 11.8 Å². The van der Waals surface area contributed by atoms with E-state index in [1.54, 1.807) is 29.3 Å². The Morgan fingerprint density at radius 3 is 2.36 bits per heavy atom. The first-order valence-corrected chi connectivity index (χ1v) is 14.3. The molecular weight excluding hydrogens is 559 g/mol. The van der Waals surface area contributed by atoms with Crippen molar-refractivity contribution in [3.63, 3.8) is 0 Å². The van der Waals surface area contributed by atoms with Gasteiger partial charge in [-0.15, -0.1) is 0 Å². The van der Waals surface area contributed by atoms with E-state index < -0.39 is 15.9 Å². The Hall–Kier alpha value is -3.50. The predicted octanol–water partition coefficient (Wildman–Crippen LogP) is 5.31. The van der Waals surface area contributed by atoms with Crippen LogP contribution < -0.4 is 5.32 Å². The van der Waals surface area contributed by atoms with Gasteiger partial charge in [0, 0.05) is 55.9 Å². The zero-order valence-corrected chi connectivity index (χ0v) is 23.2. The topological polar surface area (TPSA) is 99.7 Å². The van der Waals surface area contributed by atoms with Gasteiger partial charge >= 0.3 is 0 Å². The molecule has 1 aliphatic rings. The number of rotatable bonds is 5. The second kappa shape index (κ2) is 10.9. The maximum Gasteiger partial charge on any atom is 0.257 e. The summed E-state index contributed by atoms with van der Waals surface area (Å²) in [4.78, 5) is 30.8. The van der Waals surface area contributed by atoms with Crippen LogP contribution in [0.4, 0.5) is 5.69 Å². The van der Waals surface area contributed by atoms with Gasteiger partial charge in [-0.25, -0.2) is 8.42 Å². The molecule has 3 aromatic carbocycles.